The molecule has 2 aromatic rings. The number of para-hydroxylation sites is 1. The fourth-order valence-electron chi connectivity index (χ4n) is 1.45. The lowest BCUT2D eigenvalue weighted by Crippen LogP contribution is -2.12. The molecule has 3 heteroatoms. The van der Waals surface area contributed by atoms with Crippen LogP contribution in [0.15, 0.2) is 42.7 Å². The Bertz CT molecular complexity index is 479. The van der Waals surface area contributed by atoms with E-state index in [0.29, 0.717) is 6.54 Å². The van der Waals surface area contributed by atoms with Crippen molar-refractivity contribution in [2.75, 3.05) is 6.54 Å². The van der Waals surface area contributed by atoms with E-state index >= 15 is 0 Å². The molecule has 16 heavy (non-hydrogen) atoms. The number of benzene rings is 1. The Kier molecular flexibility index (Phi) is 3.37. The molecule has 0 aliphatic carbocycles. The molecule has 0 unspecified atom stereocenters. The molecule has 1 aromatic heterocycles. The molecule has 0 aliphatic rings. The van der Waals surface area contributed by atoms with Crippen molar-refractivity contribution < 1.29 is 0 Å². The SMILES string of the molecule is C#CCNCc1cnn(-c2ccccc2)c1. The third-order valence-electron chi connectivity index (χ3n) is 2.21. The highest BCUT2D eigenvalue weighted by Gasteiger charge is 1.99. The monoisotopic (exact) mass is 211 g/mol. The molecule has 0 amide bonds. The van der Waals surface area contributed by atoms with Crippen molar-refractivity contribution in [3.63, 3.8) is 0 Å². The van der Waals surface area contributed by atoms with Crippen LogP contribution in [-0.2, 0) is 6.54 Å². The normalized spacial score (nSPS) is 9.94. The maximum Gasteiger partial charge on any atom is 0.0645 e. The molecule has 1 aromatic carbocycles. The molecule has 0 saturated heterocycles. The van der Waals surface area contributed by atoms with Gasteiger partial charge in [-0.1, -0.05) is 24.1 Å². The van der Waals surface area contributed by atoms with Gasteiger partial charge in [-0.3, -0.25) is 0 Å². The smallest absolute Gasteiger partial charge is 0.0645 e. The molecule has 0 radical (unpaired) electrons. The van der Waals surface area contributed by atoms with E-state index in [4.69, 9.17) is 6.42 Å². The van der Waals surface area contributed by atoms with Gasteiger partial charge in [0.25, 0.3) is 0 Å². The molecular formula is C13H13N3. The van der Waals surface area contributed by atoms with E-state index in [9.17, 15) is 0 Å². The zero-order valence-electron chi connectivity index (χ0n) is 8.93. The first-order valence-corrected chi connectivity index (χ1v) is 5.13. The predicted molar refractivity (Wildman–Crippen MR) is 64.1 cm³/mol. The van der Waals surface area contributed by atoms with E-state index in [1.165, 1.54) is 0 Å². The van der Waals surface area contributed by atoms with Gasteiger partial charge in [0, 0.05) is 18.3 Å². The lowest BCUT2D eigenvalue weighted by atomic mass is 10.3. The zero-order chi connectivity index (χ0) is 11.2. The average molecular weight is 211 g/mol. The molecule has 0 atom stereocenters. The van der Waals surface area contributed by atoms with Gasteiger partial charge in [-0.2, -0.15) is 5.10 Å². The molecular weight excluding hydrogens is 198 g/mol. The van der Waals surface area contributed by atoms with Crippen LogP contribution in [0.3, 0.4) is 0 Å². The van der Waals surface area contributed by atoms with Gasteiger partial charge in [0.05, 0.1) is 18.4 Å². The molecule has 1 N–H and O–H groups in total. The van der Waals surface area contributed by atoms with Crippen molar-refractivity contribution in [2.45, 2.75) is 6.54 Å². The number of nitrogens with one attached hydrogen (secondary N) is 1. The van der Waals surface area contributed by atoms with Gasteiger partial charge in [0.15, 0.2) is 0 Å². The van der Waals surface area contributed by atoms with Crippen molar-refractivity contribution in [1.82, 2.24) is 15.1 Å². The molecule has 0 fully saturated rings. The summed E-state index contributed by atoms with van der Waals surface area (Å²) in [6, 6.07) is 10.0. The summed E-state index contributed by atoms with van der Waals surface area (Å²) in [7, 11) is 0. The van der Waals surface area contributed by atoms with Crippen LogP contribution in [0.4, 0.5) is 0 Å². The maximum absolute atomic E-state index is 5.16. The lowest BCUT2D eigenvalue weighted by Gasteiger charge is -1.99. The summed E-state index contributed by atoms with van der Waals surface area (Å²) in [5.74, 6) is 2.54. The van der Waals surface area contributed by atoms with Crippen molar-refractivity contribution in [3.05, 3.63) is 48.3 Å². The van der Waals surface area contributed by atoms with Crippen LogP contribution in [0, 0.1) is 12.3 Å². The summed E-state index contributed by atoms with van der Waals surface area (Å²) in [6.07, 6.45) is 9.00. The van der Waals surface area contributed by atoms with Crippen molar-refractivity contribution in [2.24, 2.45) is 0 Å². The van der Waals surface area contributed by atoms with Gasteiger partial charge in [0.1, 0.15) is 0 Å². The summed E-state index contributed by atoms with van der Waals surface area (Å²) in [5.41, 5.74) is 2.19. The Morgan fingerprint density at radius 1 is 1.31 bits per heavy atom. The first-order chi connectivity index (χ1) is 7.90. The van der Waals surface area contributed by atoms with Crippen LogP contribution in [0.25, 0.3) is 5.69 Å². The molecule has 0 saturated carbocycles. The van der Waals surface area contributed by atoms with Gasteiger partial charge in [-0.25, -0.2) is 4.68 Å². The van der Waals surface area contributed by atoms with Crippen molar-refractivity contribution in [3.8, 4) is 18.0 Å². The zero-order valence-corrected chi connectivity index (χ0v) is 8.93. The molecule has 3 nitrogen and oxygen atoms in total. The van der Waals surface area contributed by atoms with Gasteiger partial charge in [0.2, 0.25) is 0 Å². The predicted octanol–water partition coefficient (Wildman–Crippen LogP) is 1.60. The average Bonchev–Trinajstić information content (AvgIpc) is 2.79. The second kappa shape index (κ2) is 5.15. The minimum Gasteiger partial charge on any atom is -0.302 e. The molecule has 1 heterocycles. The number of rotatable bonds is 4. The molecule has 0 spiro atoms. The summed E-state index contributed by atoms with van der Waals surface area (Å²) < 4.78 is 1.85. The highest BCUT2D eigenvalue weighted by atomic mass is 15.3. The topological polar surface area (TPSA) is 29.9 Å². The lowest BCUT2D eigenvalue weighted by molar-refractivity contribution is 0.770. The highest BCUT2D eigenvalue weighted by Crippen LogP contribution is 2.07. The van der Waals surface area contributed by atoms with E-state index in [0.717, 1.165) is 17.8 Å². The quantitative estimate of drug-likeness (QED) is 0.615. The Morgan fingerprint density at radius 2 is 2.12 bits per heavy atom. The molecule has 2 rings (SSSR count). The first-order valence-electron chi connectivity index (χ1n) is 5.13. The number of hydrogen-bond donors (Lipinski definition) is 1. The highest BCUT2D eigenvalue weighted by molar-refractivity contribution is 5.30. The number of aromatic nitrogens is 2. The summed E-state index contributed by atoms with van der Waals surface area (Å²) in [6.45, 7) is 1.33. The fraction of sp³-hybridized carbons (Fsp3) is 0.154. The van der Waals surface area contributed by atoms with Crippen molar-refractivity contribution in [1.29, 1.82) is 0 Å². The van der Waals surface area contributed by atoms with Crippen LogP contribution in [0.5, 0.6) is 0 Å². The Morgan fingerprint density at radius 3 is 2.88 bits per heavy atom. The van der Waals surface area contributed by atoms with Gasteiger partial charge >= 0.3 is 0 Å². The van der Waals surface area contributed by atoms with Gasteiger partial charge in [-0.05, 0) is 12.1 Å². The van der Waals surface area contributed by atoms with E-state index in [1.807, 2.05) is 47.4 Å². The van der Waals surface area contributed by atoms with Crippen LogP contribution in [0.1, 0.15) is 5.56 Å². The minimum absolute atomic E-state index is 0.580. The van der Waals surface area contributed by atoms with Crippen LogP contribution < -0.4 is 5.32 Å². The molecule has 0 aliphatic heterocycles. The largest absolute Gasteiger partial charge is 0.302 e. The van der Waals surface area contributed by atoms with E-state index in [1.54, 1.807) is 0 Å². The standard InChI is InChI=1S/C13H13N3/c1-2-8-14-9-12-10-15-16(11-12)13-6-4-3-5-7-13/h1,3-7,10-11,14H,8-9H2. The van der Waals surface area contributed by atoms with Crippen LogP contribution >= 0.6 is 0 Å². The number of terminal acetylenes is 1. The van der Waals surface area contributed by atoms with E-state index in [-0.39, 0.29) is 0 Å². The summed E-state index contributed by atoms with van der Waals surface area (Å²) >= 11 is 0. The van der Waals surface area contributed by atoms with Crippen LogP contribution in [0.2, 0.25) is 0 Å². The number of hydrogen-bond acceptors (Lipinski definition) is 2. The summed E-state index contributed by atoms with van der Waals surface area (Å²) in [4.78, 5) is 0. The third-order valence-corrected chi connectivity index (χ3v) is 2.21. The van der Waals surface area contributed by atoms with E-state index in [2.05, 4.69) is 16.3 Å². The second-order valence-electron chi connectivity index (χ2n) is 3.44. The van der Waals surface area contributed by atoms with Gasteiger partial charge < -0.3 is 5.32 Å². The summed E-state index contributed by atoms with van der Waals surface area (Å²) in [5, 5.41) is 7.42. The Hall–Kier alpha value is -2.05. The van der Waals surface area contributed by atoms with Crippen LogP contribution in [-0.4, -0.2) is 16.3 Å². The Balaban J connectivity index is 2.06. The fourth-order valence-corrected chi connectivity index (χ4v) is 1.45. The maximum atomic E-state index is 5.16. The number of nitrogens with zero attached hydrogens (tertiary/aromatic N) is 2. The molecule has 80 valence electrons. The minimum atomic E-state index is 0.580. The van der Waals surface area contributed by atoms with Gasteiger partial charge in [-0.15, -0.1) is 6.42 Å². The third kappa shape index (κ3) is 2.50. The Labute approximate surface area is 95.1 Å². The second-order valence-corrected chi connectivity index (χ2v) is 3.44. The van der Waals surface area contributed by atoms with E-state index < -0.39 is 0 Å². The van der Waals surface area contributed by atoms with Crippen molar-refractivity contribution >= 4 is 0 Å². The molecule has 0 bridgehead atoms. The first kappa shape index (κ1) is 10.5.